The van der Waals surface area contributed by atoms with Crippen LogP contribution >= 0.6 is 23.1 Å². The first-order chi connectivity index (χ1) is 13.9. The molecule has 2 heterocycles. The van der Waals surface area contributed by atoms with E-state index >= 15 is 0 Å². The highest BCUT2D eigenvalue weighted by molar-refractivity contribution is 8.00. The summed E-state index contributed by atoms with van der Waals surface area (Å²) in [5.41, 5.74) is 3.54. The van der Waals surface area contributed by atoms with Gasteiger partial charge in [0.25, 0.3) is 0 Å². The molecule has 8 heteroatoms. The van der Waals surface area contributed by atoms with Crippen LogP contribution in [0.5, 0.6) is 0 Å². The molecule has 156 valence electrons. The Hall–Kier alpha value is -2.03. The van der Waals surface area contributed by atoms with Crippen molar-refractivity contribution >= 4 is 40.7 Å². The zero-order valence-electron chi connectivity index (χ0n) is 16.7. The molecule has 0 aliphatic carbocycles. The van der Waals surface area contributed by atoms with Gasteiger partial charge in [0.1, 0.15) is 0 Å². The smallest absolute Gasteiger partial charge is 0.319 e. The lowest BCUT2D eigenvalue weighted by atomic mass is 9.94. The van der Waals surface area contributed by atoms with Crippen LogP contribution in [0.4, 0.5) is 10.5 Å². The van der Waals surface area contributed by atoms with E-state index in [4.69, 9.17) is 5.21 Å². The van der Waals surface area contributed by atoms with Crippen LogP contribution in [-0.4, -0.2) is 28.9 Å². The molecule has 4 N–H and O–H groups in total. The van der Waals surface area contributed by atoms with Gasteiger partial charge in [0, 0.05) is 27.9 Å². The molecule has 1 aliphatic heterocycles. The summed E-state index contributed by atoms with van der Waals surface area (Å²) in [6.07, 6.45) is 3.41. The molecule has 1 aliphatic rings. The van der Waals surface area contributed by atoms with Crippen LogP contribution in [0.1, 0.15) is 44.4 Å². The number of nitrogens with one attached hydrogen (secondary N) is 3. The highest BCUT2D eigenvalue weighted by Gasteiger charge is 2.38. The highest BCUT2D eigenvalue weighted by atomic mass is 32.2. The van der Waals surface area contributed by atoms with E-state index in [1.54, 1.807) is 28.6 Å². The van der Waals surface area contributed by atoms with E-state index < -0.39 is 0 Å². The van der Waals surface area contributed by atoms with Crippen LogP contribution in [0, 0.1) is 0 Å². The van der Waals surface area contributed by atoms with Crippen molar-refractivity contribution in [3.8, 4) is 10.4 Å². The quantitative estimate of drug-likeness (QED) is 0.383. The maximum atomic E-state index is 12.0. The third-order valence-electron chi connectivity index (χ3n) is 4.80. The van der Waals surface area contributed by atoms with Crippen LogP contribution in [0.25, 0.3) is 10.4 Å². The number of carbonyl (C=O) groups excluding carboxylic acids is 2. The van der Waals surface area contributed by atoms with Crippen LogP contribution < -0.4 is 16.1 Å². The van der Waals surface area contributed by atoms with E-state index in [0.717, 1.165) is 46.0 Å². The van der Waals surface area contributed by atoms with Gasteiger partial charge in [0.05, 0.1) is 4.75 Å². The first-order valence-corrected chi connectivity index (χ1v) is 11.6. The van der Waals surface area contributed by atoms with E-state index in [1.165, 1.54) is 0 Å². The number of carbonyl (C=O) groups is 2. The molecule has 1 aromatic carbocycles. The summed E-state index contributed by atoms with van der Waals surface area (Å²) in [4.78, 5) is 26.2. The lowest BCUT2D eigenvalue weighted by Gasteiger charge is -2.35. The van der Waals surface area contributed by atoms with Gasteiger partial charge in [-0.15, -0.1) is 23.1 Å². The largest absolute Gasteiger partial charge is 0.336 e. The first kappa shape index (κ1) is 21.7. The maximum Gasteiger partial charge on any atom is 0.319 e. The number of hydrogen-bond acceptors (Lipinski definition) is 5. The van der Waals surface area contributed by atoms with Crippen LogP contribution in [0.2, 0.25) is 0 Å². The first-order valence-electron chi connectivity index (χ1n) is 9.77. The Kier molecular flexibility index (Phi) is 7.21. The summed E-state index contributed by atoms with van der Waals surface area (Å²) >= 11 is 3.48. The van der Waals surface area contributed by atoms with Gasteiger partial charge in [-0.3, -0.25) is 10.0 Å². The number of amides is 3. The maximum absolute atomic E-state index is 12.0. The molecule has 0 radical (unpaired) electrons. The molecule has 0 bridgehead atoms. The van der Waals surface area contributed by atoms with Crippen molar-refractivity contribution in [2.75, 3.05) is 11.1 Å². The third-order valence-corrected chi connectivity index (χ3v) is 7.89. The van der Waals surface area contributed by atoms with Gasteiger partial charge in [0.2, 0.25) is 5.91 Å². The van der Waals surface area contributed by atoms with Crippen molar-refractivity contribution in [3.05, 3.63) is 41.3 Å². The Labute approximate surface area is 179 Å². The molecule has 0 unspecified atom stereocenters. The number of benzene rings is 1. The summed E-state index contributed by atoms with van der Waals surface area (Å²) in [5, 5.41) is 14.7. The van der Waals surface area contributed by atoms with Crippen LogP contribution in [-0.2, 0) is 9.54 Å². The van der Waals surface area contributed by atoms with Gasteiger partial charge in [-0.25, -0.2) is 10.3 Å². The lowest BCUT2D eigenvalue weighted by Crippen LogP contribution is -2.34. The van der Waals surface area contributed by atoms with E-state index in [-0.39, 0.29) is 29.1 Å². The Morgan fingerprint density at radius 1 is 1.21 bits per heavy atom. The van der Waals surface area contributed by atoms with Crippen LogP contribution in [0.15, 0.2) is 36.4 Å². The van der Waals surface area contributed by atoms with Gasteiger partial charge in [-0.05, 0) is 62.3 Å². The second-order valence-electron chi connectivity index (χ2n) is 7.51. The number of thioether (sulfide) groups is 1. The average Bonchev–Trinajstić information content (AvgIpc) is 3.19. The molecule has 0 saturated carbocycles. The number of thiophene rings is 1. The monoisotopic (exact) mass is 433 g/mol. The average molecular weight is 434 g/mol. The lowest BCUT2D eigenvalue weighted by molar-refractivity contribution is -0.129. The highest BCUT2D eigenvalue weighted by Crippen LogP contribution is 2.50. The molecule has 2 aromatic rings. The summed E-state index contributed by atoms with van der Waals surface area (Å²) in [5.74, 6) is 0.660. The zero-order valence-corrected chi connectivity index (χ0v) is 18.3. The second-order valence-corrected chi connectivity index (χ2v) is 10.1. The SMILES string of the molecule is CC(C)NC(=O)Nc1cccc(-c2ccc([C@@]3(CC(=O)NO)CCCCS3)s2)c1. The van der Waals surface area contributed by atoms with Crippen molar-refractivity contribution in [1.82, 2.24) is 10.8 Å². The molecular formula is C21H27N3O3S2. The second kappa shape index (κ2) is 9.65. The number of hydrogen-bond donors (Lipinski definition) is 4. The van der Waals surface area contributed by atoms with Crippen molar-refractivity contribution < 1.29 is 14.8 Å². The Bertz CT molecular complexity index is 860. The summed E-state index contributed by atoms with van der Waals surface area (Å²) in [7, 11) is 0. The van der Waals surface area contributed by atoms with E-state index in [1.807, 2.05) is 38.1 Å². The molecule has 1 atom stereocenters. The molecule has 3 amide bonds. The molecule has 1 fully saturated rings. The minimum Gasteiger partial charge on any atom is -0.336 e. The number of urea groups is 1. The number of hydroxylamine groups is 1. The molecule has 1 aromatic heterocycles. The summed E-state index contributed by atoms with van der Waals surface area (Å²) < 4.78 is -0.291. The van der Waals surface area contributed by atoms with E-state index in [2.05, 4.69) is 22.8 Å². The van der Waals surface area contributed by atoms with Crippen molar-refractivity contribution in [3.63, 3.8) is 0 Å². The minimum absolute atomic E-state index is 0.0679. The molecule has 6 nitrogen and oxygen atoms in total. The van der Waals surface area contributed by atoms with Gasteiger partial charge in [0.15, 0.2) is 0 Å². The predicted octanol–water partition coefficient (Wildman–Crippen LogP) is 4.95. The van der Waals surface area contributed by atoms with E-state index in [0.29, 0.717) is 0 Å². The Balaban J connectivity index is 1.82. The molecule has 29 heavy (non-hydrogen) atoms. The fourth-order valence-electron chi connectivity index (χ4n) is 3.49. The summed E-state index contributed by atoms with van der Waals surface area (Å²) in [6, 6.07) is 11.8. The summed E-state index contributed by atoms with van der Waals surface area (Å²) in [6.45, 7) is 3.83. The Morgan fingerprint density at radius 3 is 2.72 bits per heavy atom. The van der Waals surface area contributed by atoms with Gasteiger partial charge in [-0.2, -0.15) is 0 Å². The van der Waals surface area contributed by atoms with Crippen molar-refractivity contribution in [2.45, 2.75) is 50.3 Å². The number of rotatable bonds is 6. The van der Waals surface area contributed by atoms with Gasteiger partial charge < -0.3 is 10.6 Å². The fourth-order valence-corrected chi connectivity index (χ4v) is 6.38. The topological polar surface area (TPSA) is 90.5 Å². The number of anilines is 1. The fraction of sp³-hybridized carbons (Fsp3) is 0.429. The van der Waals surface area contributed by atoms with Crippen LogP contribution in [0.3, 0.4) is 0 Å². The normalized spacial score (nSPS) is 19.0. The van der Waals surface area contributed by atoms with Gasteiger partial charge in [-0.1, -0.05) is 18.6 Å². The standard InChI is InChI=1S/C21H27N3O3S2/c1-14(2)22-20(26)23-16-7-5-6-15(12-16)17-8-9-18(29-17)21(13-19(25)24-27)10-3-4-11-28-21/h5-9,12,14,27H,3-4,10-11,13H2,1-2H3,(H,24,25)(H2,22,23,26)/t21-/m0/s1. The van der Waals surface area contributed by atoms with Crippen molar-refractivity contribution in [2.24, 2.45) is 0 Å². The van der Waals surface area contributed by atoms with Crippen molar-refractivity contribution in [1.29, 1.82) is 0 Å². The third kappa shape index (κ3) is 5.52. The molecular weight excluding hydrogens is 406 g/mol. The van der Waals surface area contributed by atoms with E-state index in [9.17, 15) is 9.59 Å². The molecule has 0 spiro atoms. The molecule has 3 rings (SSSR count). The predicted molar refractivity (Wildman–Crippen MR) is 120 cm³/mol. The molecule has 1 saturated heterocycles. The minimum atomic E-state index is -0.350. The van der Waals surface area contributed by atoms with Gasteiger partial charge >= 0.3 is 6.03 Å². The zero-order chi connectivity index (χ0) is 20.9. The Morgan fingerprint density at radius 2 is 2.03 bits per heavy atom.